The van der Waals surface area contributed by atoms with Gasteiger partial charge in [-0.3, -0.25) is 0 Å². The second-order valence-corrected chi connectivity index (χ2v) is 11.0. The lowest BCUT2D eigenvalue weighted by atomic mass is 9.95. The number of aliphatic hydroxyl groups excluding tert-OH is 1. The van der Waals surface area contributed by atoms with Gasteiger partial charge in [0.1, 0.15) is 12.4 Å². The Morgan fingerprint density at radius 1 is 1.03 bits per heavy atom. The van der Waals surface area contributed by atoms with Crippen molar-refractivity contribution in [2.24, 2.45) is 5.73 Å². The maximum Gasteiger partial charge on any atom is 0.119 e. The van der Waals surface area contributed by atoms with Gasteiger partial charge in [-0.2, -0.15) is 0 Å². The molecule has 0 spiro atoms. The van der Waals surface area contributed by atoms with E-state index in [1.165, 1.54) is 0 Å². The van der Waals surface area contributed by atoms with Crippen LogP contribution in [0.4, 0.5) is 0 Å². The Morgan fingerprint density at radius 3 is 2.30 bits per heavy atom. The predicted molar refractivity (Wildman–Crippen MR) is 128 cm³/mol. The van der Waals surface area contributed by atoms with E-state index in [4.69, 9.17) is 22.1 Å². The van der Waals surface area contributed by atoms with Crippen LogP contribution in [0.2, 0.25) is 5.02 Å². The Morgan fingerprint density at radius 2 is 1.70 bits per heavy atom. The molecule has 0 aliphatic rings. The first-order valence-corrected chi connectivity index (χ1v) is 13.2. The number of ether oxygens (including phenoxy) is 1. The number of halogens is 1. The van der Waals surface area contributed by atoms with Gasteiger partial charge in [-0.05, 0) is 66.5 Å². The Bertz CT molecular complexity index is 1090. The lowest BCUT2D eigenvalue weighted by Crippen LogP contribution is -2.49. The van der Waals surface area contributed by atoms with Crippen LogP contribution in [0.15, 0.2) is 82.6 Å². The summed E-state index contributed by atoms with van der Waals surface area (Å²) in [7, 11) is -4.84. The molecule has 0 saturated heterocycles. The van der Waals surface area contributed by atoms with Crippen LogP contribution in [0.5, 0.6) is 5.75 Å². The predicted octanol–water partition coefficient (Wildman–Crippen LogP) is 3.61. The topological polar surface area (TPSA) is 119 Å². The quantitative estimate of drug-likeness (QED) is 0.382. The van der Waals surface area contributed by atoms with Crippen LogP contribution >= 0.6 is 31.0 Å². The Kier molecular flexibility index (Phi) is 9.02. The Hall–Kier alpha value is -1.83. The van der Waals surface area contributed by atoms with Gasteiger partial charge in [0.15, 0.2) is 0 Å². The molecule has 0 amide bonds. The van der Waals surface area contributed by atoms with Crippen LogP contribution in [-0.2, 0) is 17.6 Å². The lowest BCUT2D eigenvalue weighted by Gasteiger charge is -2.39. The average Bonchev–Trinajstić information content (AvgIpc) is 2.78. The maximum atomic E-state index is 11.1. The first-order valence-electron chi connectivity index (χ1n) is 10.3. The summed E-state index contributed by atoms with van der Waals surface area (Å²) in [6.07, 6.45) is -0.337. The zero-order chi connectivity index (χ0) is 23.9. The normalized spacial score (nSPS) is 13.5. The molecule has 3 aromatic carbocycles. The first kappa shape index (κ1) is 25.8. The van der Waals surface area contributed by atoms with E-state index in [0.29, 0.717) is 18.1 Å². The van der Waals surface area contributed by atoms with Crippen molar-refractivity contribution in [1.29, 1.82) is 0 Å². The second-order valence-electron chi connectivity index (χ2n) is 7.89. The molecule has 0 radical (unpaired) electrons. The third kappa shape index (κ3) is 8.47. The summed E-state index contributed by atoms with van der Waals surface area (Å²) in [5.41, 5.74) is 6.28. The summed E-state index contributed by atoms with van der Waals surface area (Å²) in [6.45, 7) is -0.0932. The molecule has 0 aliphatic heterocycles. The smallest absolute Gasteiger partial charge is 0.119 e. The Labute approximate surface area is 202 Å². The van der Waals surface area contributed by atoms with Crippen molar-refractivity contribution in [2.45, 2.75) is 34.8 Å². The molecule has 0 fully saturated rings. The average molecular weight is 506 g/mol. The van der Waals surface area contributed by atoms with E-state index in [1.807, 2.05) is 72.8 Å². The minimum Gasteiger partial charge on any atom is -0.811 e. The monoisotopic (exact) mass is 505 g/mol. The van der Waals surface area contributed by atoms with E-state index in [9.17, 15) is 19.5 Å². The molecule has 3 rings (SSSR count). The molecule has 1 unspecified atom stereocenters. The molecule has 6 nitrogen and oxygen atoms in total. The van der Waals surface area contributed by atoms with Gasteiger partial charge in [-0.15, -0.1) is 0 Å². The molecule has 0 saturated carbocycles. The molecule has 9 heteroatoms. The number of aryl methyl sites for hydroxylation is 1. The highest BCUT2D eigenvalue weighted by atomic mass is 35.5. The molecule has 176 valence electrons. The van der Waals surface area contributed by atoms with E-state index in [0.717, 1.165) is 26.7 Å². The highest BCUT2D eigenvalue weighted by Gasteiger charge is 2.25. The fourth-order valence-electron chi connectivity index (χ4n) is 3.25. The number of nitrogens with two attached hydrogens (primary N) is 1. The minimum absolute atomic E-state index is 0.120. The van der Waals surface area contributed by atoms with Crippen molar-refractivity contribution in [3.8, 4) is 5.75 Å². The lowest BCUT2D eigenvalue weighted by molar-refractivity contribution is -0.314. The van der Waals surface area contributed by atoms with Crippen molar-refractivity contribution in [3.05, 3.63) is 88.9 Å². The zero-order valence-electron chi connectivity index (χ0n) is 17.9. The minimum atomic E-state index is -4.84. The molecule has 0 aromatic heterocycles. The van der Waals surface area contributed by atoms with Crippen LogP contribution in [0, 0.1) is 0 Å². The second kappa shape index (κ2) is 11.5. The molecule has 3 aromatic rings. The van der Waals surface area contributed by atoms with Gasteiger partial charge >= 0.3 is 0 Å². The van der Waals surface area contributed by atoms with Crippen LogP contribution in [0.1, 0.15) is 17.5 Å². The van der Waals surface area contributed by atoms with Gasteiger partial charge in [0.2, 0.25) is 0 Å². The van der Waals surface area contributed by atoms with Crippen molar-refractivity contribution in [1.82, 2.24) is 0 Å². The summed E-state index contributed by atoms with van der Waals surface area (Å²) in [5, 5.41) is 9.96. The molecule has 0 heterocycles. The van der Waals surface area contributed by atoms with E-state index in [-0.39, 0.29) is 6.42 Å². The molecular formula is C24H25ClNO5PS-2. The number of rotatable bonds is 11. The number of benzene rings is 3. The number of hydrogen-bond donors (Lipinski definition) is 2. The van der Waals surface area contributed by atoms with E-state index < -0.39 is 25.9 Å². The van der Waals surface area contributed by atoms with Crippen molar-refractivity contribution >= 4 is 31.0 Å². The summed E-state index contributed by atoms with van der Waals surface area (Å²) < 4.78 is 16.9. The van der Waals surface area contributed by atoms with Crippen LogP contribution in [0.3, 0.4) is 0 Å². The molecule has 0 bridgehead atoms. The molecule has 1 atom stereocenters. The van der Waals surface area contributed by atoms with Crippen LogP contribution in [-0.4, -0.2) is 23.4 Å². The fraction of sp³-hybridized carbons (Fsp3) is 0.250. The summed E-state index contributed by atoms with van der Waals surface area (Å²) in [5.74, 6) is 0.784. The standard InChI is InChI=1S/C24H27ClNO5PS/c25-23-14-22(9-6-19(23)12-13-24(26,16-27)17-32(28,29)30)33-21-10-7-20(8-11-21)31-15-18-4-2-1-3-5-18/h1-11,14,27H,12-13,15-17,26H2,(H2,28,29,30)/p-2. The number of hydrogen-bond acceptors (Lipinski definition) is 7. The third-order valence-corrected chi connectivity index (χ3v) is 7.41. The molecule has 0 aliphatic carbocycles. The molecular weight excluding hydrogens is 481 g/mol. The van der Waals surface area contributed by atoms with E-state index in [1.54, 1.807) is 11.8 Å². The van der Waals surface area contributed by atoms with E-state index in [2.05, 4.69) is 0 Å². The van der Waals surface area contributed by atoms with Gasteiger partial charge in [-0.1, -0.05) is 67.4 Å². The van der Waals surface area contributed by atoms with Gasteiger partial charge in [-0.25, -0.2) is 0 Å². The SMILES string of the molecule is NC(CO)(CCc1ccc(Sc2ccc(OCc3ccccc3)cc2)cc1Cl)CP(=O)([O-])[O-]. The highest BCUT2D eigenvalue weighted by molar-refractivity contribution is 7.99. The van der Waals surface area contributed by atoms with Gasteiger partial charge < -0.3 is 29.9 Å². The maximum absolute atomic E-state index is 11.1. The first-order chi connectivity index (χ1) is 15.7. The summed E-state index contributed by atoms with van der Waals surface area (Å²) in [6, 6.07) is 23.3. The Balaban J connectivity index is 1.57. The van der Waals surface area contributed by atoms with Crippen molar-refractivity contribution in [2.75, 3.05) is 12.8 Å². The van der Waals surface area contributed by atoms with Crippen molar-refractivity contribution < 1.29 is 24.2 Å². The van der Waals surface area contributed by atoms with Gasteiger partial charge in [0, 0.05) is 20.4 Å². The van der Waals surface area contributed by atoms with Crippen LogP contribution < -0.4 is 20.3 Å². The molecule has 33 heavy (non-hydrogen) atoms. The zero-order valence-corrected chi connectivity index (χ0v) is 20.3. The summed E-state index contributed by atoms with van der Waals surface area (Å²) in [4.78, 5) is 24.1. The van der Waals surface area contributed by atoms with Crippen molar-refractivity contribution in [3.63, 3.8) is 0 Å². The van der Waals surface area contributed by atoms with Gasteiger partial charge in [0.25, 0.3) is 0 Å². The molecule has 3 N–H and O–H groups in total. The van der Waals surface area contributed by atoms with E-state index >= 15 is 0 Å². The van der Waals surface area contributed by atoms with Gasteiger partial charge in [0.05, 0.1) is 6.61 Å². The van der Waals surface area contributed by atoms with Crippen LogP contribution in [0.25, 0.3) is 0 Å². The fourth-order valence-corrected chi connectivity index (χ4v) is 5.48. The number of aliphatic hydroxyl groups is 1. The third-order valence-electron chi connectivity index (χ3n) is 5.05. The largest absolute Gasteiger partial charge is 0.811 e. The highest BCUT2D eigenvalue weighted by Crippen LogP contribution is 2.34. The summed E-state index contributed by atoms with van der Waals surface area (Å²) >= 11 is 7.96.